The molecule has 0 bridgehead atoms. The van der Waals surface area contributed by atoms with Crippen molar-refractivity contribution in [1.82, 2.24) is 9.78 Å². The molecule has 0 radical (unpaired) electrons. The van der Waals surface area contributed by atoms with E-state index < -0.39 is 11.8 Å². The minimum Gasteiger partial charge on any atom is -0.382 e. The van der Waals surface area contributed by atoms with Crippen molar-refractivity contribution >= 4 is 17.4 Å². The van der Waals surface area contributed by atoms with E-state index in [9.17, 15) is 18.4 Å². The number of alkyl halides is 2. The molecule has 1 amide bonds. The molecule has 1 heterocycles. The average Bonchev–Trinajstić information content (AvgIpc) is 2.98. The summed E-state index contributed by atoms with van der Waals surface area (Å²) in [7, 11) is 0. The predicted octanol–water partition coefficient (Wildman–Crippen LogP) is 4.42. The third-order valence-corrected chi connectivity index (χ3v) is 6.31. The number of carbonyl (C=O) groups excluding carboxylic acids is 2. The molecular weight excluding hydrogens is 402 g/mol. The number of benzene rings is 1. The van der Waals surface area contributed by atoms with Gasteiger partial charge in [-0.25, -0.2) is 13.5 Å². The normalized spacial score (nSPS) is 20.4. The van der Waals surface area contributed by atoms with Gasteiger partial charge in [-0.2, -0.15) is 5.10 Å². The summed E-state index contributed by atoms with van der Waals surface area (Å²) in [5.41, 5.74) is 9.09. The van der Waals surface area contributed by atoms with Crippen molar-refractivity contribution in [2.45, 2.75) is 71.3 Å². The topological polar surface area (TPSA) is 90.0 Å². The highest BCUT2D eigenvalue weighted by molar-refractivity contribution is 6.00. The summed E-state index contributed by atoms with van der Waals surface area (Å²) in [5, 5.41) is 7.86. The second kappa shape index (κ2) is 7.43. The van der Waals surface area contributed by atoms with E-state index in [2.05, 4.69) is 24.3 Å². The van der Waals surface area contributed by atoms with Crippen LogP contribution in [0.1, 0.15) is 78.1 Å². The summed E-state index contributed by atoms with van der Waals surface area (Å²) >= 11 is 0. The van der Waals surface area contributed by atoms with E-state index >= 15 is 0 Å². The maximum atomic E-state index is 13.5. The first-order valence-electron chi connectivity index (χ1n) is 10.7. The number of hydrogen-bond donors (Lipinski definition) is 2. The van der Waals surface area contributed by atoms with Crippen molar-refractivity contribution < 1.29 is 18.4 Å². The van der Waals surface area contributed by atoms with Crippen LogP contribution >= 0.6 is 0 Å². The van der Waals surface area contributed by atoms with Crippen molar-refractivity contribution in [3.63, 3.8) is 0 Å². The van der Waals surface area contributed by atoms with E-state index in [0.29, 0.717) is 53.9 Å². The van der Waals surface area contributed by atoms with Gasteiger partial charge in [0.05, 0.1) is 28.2 Å². The summed E-state index contributed by atoms with van der Waals surface area (Å²) in [4.78, 5) is 24.7. The molecular formula is C23H28F2N4O2. The smallest absolute Gasteiger partial charge is 0.250 e. The Hall–Kier alpha value is -2.77. The Balaban J connectivity index is 1.71. The van der Waals surface area contributed by atoms with Crippen LogP contribution in [0.15, 0.2) is 18.2 Å². The molecule has 0 atom stereocenters. The van der Waals surface area contributed by atoms with Gasteiger partial charge in [0.2, 0.25) is 5.92 Å². The standard InChI is InChI=1S/C23H28F2N4O2/c1-13-20-18(11-22(2,3)12-19(20)30)29(28-13)15-4-5-16(21(26)31)17(10-15)27-14-6-8-23(24,25)9-7-14/h4-5,10,14,27H,6-9,11-12H2,1-3H3,(H2,26,31). The van der Waals surface area contributed by atoms with Crippen molar-refractivity contribution in [2.75, 3.05) is 5.32 Å². The largest absolute Gasteiger partial charge is 0.382 e. The molecule has 1 aromatic heterocycles. The van der Waals surface area contributed by atoms with Crippen LogP contribution in [0.25, 0.3) is 5.69 Å². The lowest BCUT2D eigenvalue weighted by molar-refractivity contribution is -0.0361. The van der Waals surface area contributed by atoms with Crippen LogP contribution in [0, 0.1) is 12.3 Å². The molecule has 6 nitrogen and oxygen atoms in total. The van der Waals surface area contributed by atoms with E-state index in [1.807, 2.05) is 6.92 Å². The minimum atomic E-state index is -2.63. The fraction of sp³-hybridized carbons (Fsp3) is 0.522. The van der Waals surface area contributed by atoms with Gasteiger partial charge < -0.3 is 11.1 Å². The van der Waals surface area contributed by atoms with Gasteiger partial charge in [-0.15, -0.1) is 0 Å². The summed E-state index contributed by atoms with van der Waals surface area (Å²) in [5.74, 6) is -3.13. The van der Waals surface area contributed by atoms with Crippen LogP contribution in [-0.2, 0) is 6.42 Å². The van der Waals surface area contributed by atoms with Gasteiger partial charge in [0.1, 0.15) is 0 Å². The Labute approximate surface area is 180 Å². The Morgan fingerprint density at radius 3 is 2.55 bits per heavy atom. The first-order chi connectivity index (χ1) is 14.5. The van der Waals surface area contributed by atoms with Gasteiger partial charge in [0, 0.05) is 31.0 Å². The van der Waals surface area contributed by atoms with Crippen LogP contribution in [0.3, 0.4) is 0 Å². The molecule has 0 saturated heterocycles. The molecule has 1 saturated carbocycles. The molecule has 2 aliphatic carbocycles. The van der Waals surface area contributed by atoms with Gasteiger partial charge in [-0.1, -0.05) is 13.8 Å². The number of nitrogens with zero attached hydrogens (tertiary/aromatic N) is 2. The first-order valence-corrected chi connectivity index (χ1v) is 10.7. The lowest BCUT2D eigenvalue weighted by Crippen LogP contribution is -2.32. The molecule has 0 unspecified atom stereocenters. The Morgan fingerprint density at radius 2 is 1.90 bits per heavy atom. The van der Waals surface area contributed by atoms with Crippen molar-refractivity contribution in [2.24, 2.45) is 11.1 Å². The average molecular weight is 430 g/mol. The van der Waals surface area contributed by atoms with Gasteiger partial charge in [0.15, 0.2) is 5.78 Å². The van der Waals surface area contributed by atoms with Gasteiger partial charge in [0.25, 0.3) is 5.91 Å². The monoisotopic (exact) mass is 430 g/mol. The molecule has 2 aromatic rings. The number of anilines is 1. The Bertz CT molecular complexity index is 1050. The number of aryl methyl sites for hydroxylation is 1. The SMILES string of the molecule is Cc1nn(-c2ccc(C(N)=O)c(NC3CCC(F)(F)CC3)c2)c2c1C(=O)CC(C)(C)C2. The number of Topliss-reactive ketones (excluding diaryl/α,β-unsaturated/α-hetero) is 1. The van der Waals surface area contributed by atoms with Crippen LogP contribution in [-0.4, -0.2) is 33.4 Å². The van der Waals surface area contributed by atoms with Crippen molar-refractivity contribution in [3.05, 3.63) is 40.7 Å². The third-order valence-electron chi connectivity index (χ3n) is 6.31. The highest BCUT2D eigenvalue weighted by Crippen LogP contribution is 2.38. The molecule has 3 N–H and O–H groups in total. The lowest BCUT2D eigenvalue weighted by Gasteiger charge is -2.30. The summed E-state index contributed by atoms with van der Waals surface area (Å²) in [6, 6.07) is 4.98. The van der Waals surface area contributed by atoms with Gasteiger partial charge in [-0.3, -0.25) is 9.59 Å². The van der Waals surface area contributed by atoms with Gasteiger partial charge >= 0.3 is 0 Å². The Morgan fingerprint density at radius 1 is 1.23 bits per heavy atom. The number of primary amides is 1. The fourth-order valence-corrected chi connectivity index (χ4v) is 4.76. The number of nitrogens with one attached hydrogen (secondary N) is 1. The zero-order valence-electron chi connectivity index (χ0n) is 18.1. The molecule has 0 aliphatic heterocycles. The number of aromatic nitrogens is 2. The molecule has 1 aromatic carbocycles. The molecule has 31 heavy (non-hydrogen) atoms. The Kier molecular flexibility index (Phi) is 5.14. The van der Waals surface area contributed by atoms with Crippen molar-refractivity contribution in [1.29, 1.82) is 0 Å². The maximum Gasteiger partial charge on any atom is 0.250 e. The lowest BCUT2D eigenvalue weighted by atomic mass is 9.75. The highest BCUT2D eigenvalue weighted by Gasteiger charge is 2.37. The van der Waals surface area contributed by atoms with E-state index in [0.717, 1.165) is 5.69 Å². The van der Waals surface area contributed by atoms with E-state index in [4.69, 9.17) is 5.73 Å². The quantitative estimate of drug-likeness (QED) is 0.751. The molecule has 4 rings (SSSR count). The van der Waals surface area contributed by atoms with E-state index in [1.54, 1.807) is 22.9 Å². The molecule has 2 aliphatic rings. The molecule has 0 spiro atoms. The second-order valence-electron chi connectivity index (χ2n) is 9.63. The summed E-state index contributed by atoms with van der Waals surface area (Å²) in [6.07, 6.45) is 1.45. The number of halogens is 2. The molecule has 8 heteroatoms. The zero-order chi connectivity index (χ0) is 22.6. The minimum absolute atomic E-state index is 0.0882. The third kappa shape index (κ3) is 4.20. The maximum absolute atomic E-state index is 13.5. The number of nitrogens with two attached hydrogens (primary N) is 1. The number of fused-ring (bicyclic) bond motifs is 1. The number of carbonyl (C=O) groups is 2. The van der Waals surface area contributed by atoms with Crippen LogP contribution in [0.2, 0.25) is 0 Å². The summed E-state index contributed by atoms with van der Waals surface area (Å²) < 4.78 is 28.8. The van der Waals surface area contributed by atoms with Crippen LogP contribution in [0.4, 0.5) is 14.5 Å². The van der Waals surface area contributed by atoms with Crippen molar-refractivity contribution in [3.8, 4) is 5.69 Å². The first kappa shape index (κ1) is 21.5. The predicted molar refractivity (Wildman–Crippen MR) is 114 cm³/mol. The number of ketones is 1. The van der Waals surface area contributed by atoms with Crippen LogP contribution in [0.5, 0.6) is 0 Å². The highest BCUT2D eigenvalue weighted by atomic mass is 19.3. The summed E-state index contributed by atoms with van der Waals surface area (Å²) in [6.45, 7) is 5.94. The molecule has 166 valence electrons. The number of hydrogen-bond acceptors (Lipinski definition) is 4. The second-order valence-corrected chi connectivity index (χ2v) is 9.63. The van der Waals surface area contributed by atoms with E-state index in [-0.39, 0.29) is 30.1 Å². The van der Waals surface area contributed by atoms with Crippen LogP contribution < -0.4 is 11.1 Å². The number of amides is 1. The van der Waals surface area contributed by atoms with Gasteiger partial charge in [-0.05, 0) is 49.8 Å². The zero-order valence-corrected chi connectivity index (χ0v) is 18.1. The molecule has 1 fully saturated rings. The number of rotatable bonds is 4. The fourth-order valence-electron chi connectivity index (χ4n) is 4.76. The van der Waals surface area contributed by atoms with E-state index in [1.165, 1.54) is 0 Å².